The Labute approximate surface area is 264 Å². The van der Waals surface area contributed by atoms with Gasteiger partial charge in [0.15, 0.2) is 16.6 Å². The van der Waals surface area contributed by atoms with Crippen LogP contribution in [0.3, 0.4) is 0 Å². The summed E-state index contributed by atoms with van der Waals surface area (Å²) in [6, 6.07) is 0. The van der Waals surface area contributed by atoms with Crippen molar-refractivity contribution >= 4 is 39.2 Å². The second kappa shape index (κ2) is 12.6. The van der Waals surface area contributed by atoms with E-state index in [0.717, 1.165) is 18.8 Å². The predicted molar refractivity (Wildman–Crippen MR) is 189 cm³/mol. The molecule has 0 aromatic rings. The monoisotopic (exact) mass is 696 g/mol. The summed E-state index contributed by atoms with van der Waals surface area (Å²) in [7, 11) is -3.85. The summed E-state index contributed by atoms with van der Waals surface area (Å²) in [5.41, 5.74) is 4.65. The molecule has 3 saturated carbocycles. The van der Waals surface area contributed by atoms with Crippen molar-refractivity contribution in [2.45, 2.75) is 149 Å². The minimum atomic E-state index is -1.95. The molecule has 0 aromatic heterocycles. The Hall–Kier alpha value is 0.0438. The van der Waals surface area contributed by atoms with Crippen LogP contribution < -0.4 is 0 Å². The molecule has 3 rings (SSSR count). The largest absolute Gasteiger partial charge is 0.413 e. The first-order valence-corrected chi connectivity index (χ1v) is 23.0. The molecule has 3 aliphatic rings. The van der Waals surface area contributed by atoms with Gasteiger partial charge in [-0.15, -0.1) is 0 Å². The number of rotatable bonds is 7. The van der Waals surface area contributed by atoms with Gasteiger partial charge in [0.2, 0.25) is 0 Å². The Morgan fingerprint density at radius 2 is 1.57 bits per heavy atom. The van der Waals surface area contributed by atoms with Gasteiger partial charge in [-0.25, -0.2) is 0 Å². The van der Waals surface area contributed by atoms with Gasteiger partial charge in [0, 0.05) is 6.42 Å². The third-order valence-corrected chi connectivity index (χ3v) is 21.2. The lowest BCUT2D eigenvalue weighted by molar-refractivity contribution is 0.0969. The molecule has 0 saturated heterocycles. The van der Waals surface area contributed by atoms with Gasteiger partial charge in [-0.1, -0.05) is 108 Å². The quantitative estimate of drug-likeness (QED) is 0.195. The number of allylic oxidation sites excluding steroid dienone is 4. The van der Waals surface area contributed by atoms with Crippen LogP contribution in [0.1, 0.15) is 100 Å². The van der Waals surface area contributed by atoms with Crippen LogP contribution in [0.15, 0.2) is 45.6 Å². The van der Waals surface area contributed by atoms with Gasteiger partial charge >= 0.3 is 0 Å². The number of halogens is 1. The van der Waals surface area contributed by atoms with Crippen LogP contribution in [0.2, 0.25) is 36.3 Å². The van der Waals surface area contributed by atoms with Crippen LogP contribution in [0.5, 0.6) is 0 Å². The van der Waals surface area contributed by atoms with Crippen molar-refractivity contribution in [3.63, 3.8) is 0 Å². The number of hydrogen-bond acceptors (Lipinski definition) is 2. The zero-order valence-corrected chi connectivity index (χ0v) is 32.2. The van der Waals surface area contributed by atoms with Gasteiger partial charge in [0.25, 0.3) is 0 Å². The first kappa shape index (κ1) is 34.5. The van der Waals surface area contributed by atoms with Crippen molar-refractivity contribution in [2.24, 2.45) is 23.2 Å². The second-order valence-electron chi connectivity index (χ2n) is 16.5. The topological polar surface area (TPSA) is 18.5 Å². The molecule has 0 N–H and O–H groups in total. The Kier molecular flexibility index (Phi) is 10.9. The van der Waals surface area contributed by atoms with E-state index in [1.165, 1.54) is 43.3 Å². The fourth-order valence-electron chi connectivity index (χ4n) is 7.16. The summed E-state index contributed by atoms with van der Waals surface area (Å²) in [6.45, 7) is 33.3. The van der Waals surface area contributed by atoms with Crippen LogP contribution in [0.25, 0.3) is 0 Å². The minimum absolute atomic E-state index is 0.0439. The van der Waals surface area contributed by atoms with E-state index in [0.29, 0.717) is 17.3 Å². The summed E-state index contributed by atoms with van der Waals surface area (Å²) in [5, 5.41) is 0.361. The van der Waals surface area contributed by atoms with Crippen molar-refractivity contribution in [3.8, 4) is 0 Å². The molecular weight excluding hydrogens is 635 g/mol. The number of hydrogen-bond donors (Lipinski definition) is 0. The molecule has 3 fully saturated rings. The third-order valence-electron chi connectivity index (χ3n) is 11.8. The summed E-state index contributed by atoms with van der Waals surface area (Å²) in [6.07, 6.45) is 16.1. The van der Waals surface area contributed by atoms with E-state index in [2.05, 4.69) is 133 Å². The SMILES string of the molecule is C=C1/C(=C\C=C2/CCC[C@]3(C)[C@@H]([C@H](C)/C=C/I)CC[C@@H]23)C[C@@H](O[Si](C)(C)C(C)(C)C)C[C@@H]1O[Si](C)(C)C(C)(C)C. The Morgan fingerprint density at radius 3 is 2.15 bits per heavy atom. The molecular formula is C35H61IO2Si2. The zero-order chi connectivity index (χ0) is 30.3. The molecule has 0 spiro atoms. The molecule has 0 aliphatic heterocycles. The summed E-state index contributed by atoms with van der Waals surface area (Å²) >= 11 is 2.39. The van der Waals surface area contributed by atoms with Crippen LogP contribution in [0, 0.1) is 23.2 Å². The predicted octanol–water partition coefficient (Wildman–Crippen LogP) is 11.8. The van der Waals surface area contributed by atoms with Gasteiger partial charge < -0.3 is 8.85 Å². The van der Waals surface area contributed by atoms with Crippen LogP contribution in [-0.2, 0) is 8.85 Å². The van der Waals surface area contributed by atoms with Gasteiger partial charge in [0.05, 0.1) is 12.2 Å². The molecule has 6 atom stereocenters. The molecule has 0 amide bonds. The van der Waals surface area contributed by atoms with Gasteiger partial charge in [-0.05, 0) is 113 Å². The molecule has 0 unspecified atom stereocenters. The maximum atomic E-state index is 7.06. The van der Waals surface area contributed by atoms with E-state index < -0.39 is 16.6 Å². The molecule has 0 bridgehead atoms. The summed E-state index contributed by atoms with van der Waals surface area (Å²) in [4.78, 5) is 0. The van der Waals surface area contributed by atoms with E-state index in [1.54, 1.807) is 5.57 Å². The maximum Gasteiger partial charge on any atom is 0.192 e. The standard InChI is InChI=1S/C35H61IO2Si2/c1-25(20-22-36)30-18-19-31-27(15-14-21-35(30,31)9)16-17-28-23-29(37-39(10,11)33(3,4)5)24-32(26(28)2)38-40(12,13)34(6,7)8/h16-17,20,22,25,29-32H,2,14-15,18-19,21,23-24H2,1,3-13H3/b22-20+,27-16+,28-17-/t25-,29-,30-,31+,32+,35-/m1/s1. The van der Waals surface area contributed by atoms with Crippen molar-refractivity contribution in [2.75, 3.05) is 0 Å². The molecule has 40 heavy (non-hydrogen) atoms. The third kappa shape index (κ3) is 7.39. The molecule has 3 aliphatic carbocycles. The minimum Gasteiger partial charge on any atom is -0.413 e. The van der Waals surface area contributed by atoms with E-state index in [4.69, 9.17) is 8.85 Å². The Balaban J connectivity index is 1.93. The maximum absolute atomic E-state index is 7.06. The highest BCUT2D eigenvalue weighted by molar-refractivity contribution is 14.1. The molecule has 5 heteroatoms. The number of fused-ring (bicyclic) bond motifs is 1. The van der Waals surface area contributed by atoms with Gasteiger partial charge in [-0.3, -0.25) is 0 Å². The van der Waals surface area contributed by atoms with E-state index in [-0.39, 0.29) is 22.3 Å². The van der Waals surface area contributed by atoms with E-state index >= 15 is 0 Å². The van der Waals surface area contributed by atoms with Gasteiger partial charge in [0.1, 0.15) is 0 Å². The van der Waals surface area contributed by atoms with Crippen molar-refractivity contribution in [3.05, 3.63) is 45.6 Å². The van der Waals surface area contributed by atoms with Crippen molar-refractivity contribution in [1.29, 1.82) is 0 Å². The van der Waals surface area contributed by atoms with Crippen molar-refractivity contribution < 1.29 is 8.85 Å². The molecule has 2 nitrogen and oxygen atoms in total. The van der Waals surface area contributed by atoms with Crippen LogP contribution >= 0.6 is 22.6 Å². The molecule has 228 valence electrons. The lowest BCUT2D eigenvalue weighted by Crippen LogP contribution is -2.49. The van der Waals surface area contributed by atoms with E-state index in [9.17, 15) is 0 Å². The zero-order valence-electron chi connectivity index (χ0n) is 28.0. The highest BCUT2D eigenvalue weighted by Crippen LogP contribution is 2.59. The fourth-order valence-corrected chi connectivity index (χ4v) is 10.5. The highest BCUT2D eigenvalue weighted by Gasteiger charge is 2.50. The first-order chi connectivity index (χ1) is 18.2. The second-order valence-corrected chi connectivity index (χ2v) is 26.8. The summed E-state index contributed by atoms with van der Waals surface area (Å²) < 4.78 is 16.3. The Morgan fingerprint density at radius 1 is 0.975 bits per heavy atom. The fraction of sp³-hybridized carbons (Fsp3) is 0.771. The normalized spacial score (nSPS) is 33.7. The smallest absolute Gasteiger partial charge is 0.192 e. The average molecular weight is 697 g/mol. The van der Waals surface area contributed by atoms with Crippen LogP contribution in [-0.4, -0.2) is 28.8 Å². The van der Waals surface area contributed by atoms with E-state index in [1.807, 2.05) is 0 Å². The van der Waals surface area contributed by atoms with Gasteiger partial charge in [-0.2, -0.15) is 0 Å². The highest BCUT2D eigenvalue weighted by atomic mass is 127. The lowest BCUT2D eigenvalue weighted by atomic mass is 9.61. The molecule has 0 heterocycles. The van der Waals surface area contributed by atoms with Crippen LogP contribution in [0.4, 0.5) is 0 Å². The molecule has 0 radical (unpaired) electrons. The average Bonchev–Trinajstić information content (AvgIpc) is 3.16. The molecule has 0 aromatic carbocycles. The summed E-state index contributed by atoms with van der Waals surface area (Å²) in [5.74, 6) is 2.15. The Bertz CT molecular complexity index is 1010. The van der Waals surface area contributed by atoms with Crippen molar-refractivity contribution in [1.82, 2.24) is 0 Å². The first-order valence-electron chi connectivity index (χ1n) is 15.9. The lowest BCUT2D eigenvalue weighted by Gasteiger charge is -2.45.